The number of fused-ring (bicyclic) bond motifs is 1. The highest BCUT2D eigenvalue weighted by molar-refractivity contribution is 5.85. The Labute approximate surface area is 102 Å². The quantitative estimate of drug-likeness (QED) is 0.800. The van der Waals surface area contributed by atoms with Crippen molar-refractivity contribution >= 4 is 24.8 Å². The van der Waals surface area contributed by atoms with E-state index in [1.54, 1.807) is 6.33 Å². The van der Waals surface area contributed by atoms with Gasteiger partial charge in [-0.25, -0.2) is 9.97 Å². The fraction of sp³-hybridized carbons (Fsp3) is 0.556. The average Bonchev–Trinajstić information content (AvgIpc) is 2.17. The first kappa shape index (κ1) is 14.6. The first-order valence-electron chi connectivity index (χ1n) is 4.51. The van der Waals surface area contributed by atoms with Crippen molar-refractivity contribution in [2.75, 3.05) is 13.6 Å². The van der Waals surface area contributed by atoms with Crippen LogP contribution in [-0.2, 0) is 19.5 Å². The van der Waals surface area contributed by atoms with Crippen molar-refractivity contribution < 1.29 is 0 Å². The maximum atomic E-state index is 5.61. The SMILES string of the molecule is CN1CCc2ncnc(CN)c2C1.Cl.Cl. The Bertz CT molecular complexity index is 305. The Morgan fingerprint density at radius 1 is 1.40 bits per heavy atom. The predicted molar refractivity (Wildman–Crippen MR) is 64.5 cm³/mol. The molecule has 0 atom stereocenters. The molecule has 86 valence electrons. The van der Waals surface area contributed by atoms with E-state index in [1.165, 1.54) is 11.3 Å². The van der Waals surface area contributed by atoms with Crippen LogP contribution in [0.15, 0.2) is 6.33 Å². The molecular formula is C9H16Cl2N4. The van der Waals surface area contributed by atoms with Crippen LogP contribution < -0.4 is 5.73 Å². The van der Waals surface area contributed by atoms with Crippen LogP contribution in [-0.4, -0.2) is 28.5 Å². The zero-order valence-corrected chi connectivity index (χ0v) is 10.3. The highest BCUT2D eigenvalue weighted by Crippen LogP contribution is 2.17. The highest BCUT2D eigenvalue weighted by atomic mass is 35.5. The van der Waals surface area contributed by atoms with E-state index in [1.807, 2.05) is 0 Å². The molecule has 0 bridgehead atoms. The number of hydrogen-bond donors (Lipinski definition) is 1. The second kappa shape index (κ2) is 6.23. The van der Waals surface area contributed by atoms with Gasteiger partial charge in [0.2, 0.25) is 0 Å². The minimum Gasteiger partial charge on any atom is -0.325 e. The van der Waals surface area contributed by atoms with Gasteiger partial charge in [0.25, 0.3) is 0 Å². The number of aromatic nitrogens is 2. The highest BCUT2D eigenvalue weighted by Gasteiger charge is 2.17. The molecule has 0 saturated carbocycles. The van der Waals surface area contributed by atoms with Gasteiger partial charge in [-0.3, -0.25) is 0 Å². The summed E-state index contributed by atoms with van der Waals surface area (Å²) < 4.78 is 0. The Hall–Kier alpha value is -0.420. The molecule has 4 nitrogen and oxygen atoms in total. The van der Waals surface area contributed by atoms with Gasteiger partial charge in [-0.15, -0.1) is 24.8 Å². The smallest absolute Gasteiger partial charge is 0.116 e. The number of nitrogens with zero attached hydrogens (tertiary/aromatic N) is 3. The zero-order chi connectivity index (χ0) is 9.26. The van der Waals surface area contributed by atoms with E-state index in [0.29, 0.717) is 6.54 Å². The average molecular weight is 251 g/mol. The Balaban J connectivity index is 0.000000980. The van der Waals surface area contributed by atoms with Gasteiger partial charge in [-0.2, -0.15) is 0 Å². The van der Waals surface area contributed by atoms with Crippen LogP contribution in [0.5, 0.6) is 0 Å². The summed E-state index contributed by atoms with van der Waals surface area (Å²) >= 11 is 0. The lowest BCUT2D eigenvalue weighted by Gasteiger charge is -2.25. The molecule has 0 aromatic carbocycles. The first-order valence-corrected chi connectivity index (χ1v) is 4.51. The number of nitrogens with two attached hydrogens (primary N) is 1. The molecule has 1 aliphatic heterocycles. The summed E-state index contributed by atoms with van der Waals surface area (Å²) in [4.78, 5) is 10.7. The minimum atomic E-state index is 0. The summed E-state index contributed by atoms with van der Waals surface area (Å²) in [5.74, 6) is 0. The summed E-state index contributed by atoms with van der Waals surface area (Å²) in [7, 11) is 2.11. The number of rotatable bonds is 1. The van der Waals surface area contributed by atoms with Gasteiger partial charge in [-0.05, 0) is 7.05 Å². The van der Waals surface area contributed by atoms with Crippen molar-refractivity contribution in [3.63, 3.8) is 0 Å². The van der Waals surface area contributed by atoms with Gasteiger partial charge in [0.15, 0.2) is 0 Å². The number of likely N-dealkylation sites (N-methyl/N-ethyl adjacent to an activating group) is 1. The van der Waals surface area contributed by atoms with E-state index in [0.717, 1.165) is 25.2 Å². The third-order valence-corrected chi connectivity index (χ3v) is 2.48. The van der Waals surface area contributed by atoms with Crippen molar-refractivity contribution in [3.05, 3.63) is 23.3 Å². The molecule has 6 heteroatoms. The molecule has 1 aromatic rings. The zero-order valence-electron chi connectivity index (χ0n) is 8.64. The first-order chi connectivity index (χ1) is 6.31. The van der Waals surface area contributed by atoms with Crippen LogP contribution in [0.3, 0.4) is 0 Å². The van der Waals surface area contributed by atoms with Crippen molar-refractivity contribution in [2.45, 2.75) is 19.5 Å². The Morgan fingerprint density at radius 3 is 2.80 bits per heavy atom. The molecule has 0 aliphatic carbocycles. The number of halogens is 2. The standard InChI is InChI=1S/C9H14N4.2ClH/c1-13-3-2-8-7(5-13)9(4-10)12-6-11-8;;/h6H,2-5,10H2,1H3;2*1H. The third-order valence-electron chi connectivity index (χ3n) is 2.48. The van der Waals surface area contributed by atoms with Crippen molar-refractivity contribution in [1.29, 1.82) is 0 Å². The van der Waals surface area contributed by atoms with E-state index in [-0.39, 0.29) is 24.8 Å². The molecule has 15 heavy (non-hydrogen) atoms. The third kappa shape index (κ3) is 3.01. The topological polar surface area (TPSA) is 55.0 Å². The molecule has 2 heterocycles. The molecule has 0 amide bonds. The normalized spacial score (nSPS) is 14.8. The van der Waals surface area contributed by atoms with E-state index in [9.17, 15) is 0 Å². The van der Waals surface area contributed by atoms with Gasteiger partial charge < -0.3 is 10.6 Å². The molecule has 0 radical (unpaired) electrons. The Kier molecular flexibility index (Phi) is 6.05. The maximum absolute atomic E-state index is 5.61. The largest absolute Gasteiger partial charge is 0.325 e. The molecule has 0 spiro atoms. The summed E-state index contributed by atoms with van der Waals surface area (Å²) in [6, 6.07) is 0. The summed E-state index contributed by atoms with van der Waals surface area (Å²) in [5, 5.41) is 0. The summed E-state index contributed by atoms with van der Waals surface area (Å²) in [5.41, 5.74) is 9.02. The second-order valence-corrected chi connectivity index (χ2v) is 3.44. The predicted octanol–water partition coefficient (Wildman–Crippen LogP) is 0.767. The van der Waals surface area contributed by atoms with Crippen LogP contribution in [0.1, 0.15) is 17.0 Å². The van der Waals surface area contributed by atoms with Crippen LogP contribution >= 0.6 is 24.8 Å². The Morgan fingerprint density at radius 2 is 2.13 bits per heavy atom. The lowest BCUT2D eigenvalue weighted by molar-refractivity contribution is 0.307. The second-order valence-electron chi connectivity index (χ2n) is 3.44. The molecule has 0 unspecified atom stereocenters. The van der Waals surface area contributed by atoms with Gasteiger partial charge >= 0.3 is 0 Å². The fourth-order valence-electron chi connectivity index (χ4n) is 1.71. The van der Waals surface area contributed by atoms with E-state index >= 15 is 0 Å². The van der Waals surface area contributed by atoms with E-state index in [4.69, 9.17) is 5.73 Å². The molecular weight excluding hydrogens is 235 g/mol. The molecule has 0 saturated heterocycles. The minimum absolute atomic E-state index is 0. The molecule has 1 aliphatic rings. The molecule has 2 N–H and O–H groups in total. The number of hydrogen-bond acceptors (Lipinski definition) is 4. The van der Waals surface area contributed by atoms with Crippen molar-refractivity contribution in [1.82, 2.24) is 14.9 Å². The van der Waals surface area contributed by atoms with Gasteiger partial charge in [0.1, 0.15) is 6.33 Å². The lowest BCUT2D eigenvalue weighted by Crippen LogP contribution is -2.29. The van der Waals surface area contributed by atoms with Gasteiger partial charge in [0, 0.05) is 37.3 Å². The molecule has 0 fully saturated rings. The van der Waals surface area contributed by atoms with E-state index < -0.39 is 0 Å². The van der Waals surface area contributed by atoms with Crippen LogP contribution in [0, 0.1) is 0 Å². The van der Waals surface area contributed by atoms with Crippen LogP contribution in [0.2, 0.25) is 0 Å². The summed E-state index contributed by atoms with van der Waals surface area (Å²) in [6.45, 7) is 2.52. The van der Waals surface area contributed by atoms with Gasteiger partial charge in [0.05, 0.1) is 5.69 Å². The molecule has 1 aromatic heterocycles. The van der Waals surface area contributed by atoms with Crippen molar-refractivity contribution in [3.8, 4) is 0 Å². The summed E-state index contributed by atoms with van der Waals surface area (Å²) in [6.07, 6.45) is 2.63. The lowest BCUT2D eigenvalue weighted by atomic mass is 10.0. The van der Waals surface area contributed by atoms with Gasteiger partial charge in [-0.1, -0.05) is 0 Å². The van der Waals surface area contributed by atoms with Crippen LogP contribution in [0.4, 0.5) is 0 Å². The monoisotopic (exact) mass is 250 g/mol. The molecule has 2 rings (SSSR count). The fourth-order valence-corrected chi connectivity index (χ4v) is 1.71. The maximum Gasteiger partial charge on any atom is 0.116 e. The van der Waals surface area contributed by atoms with E-state index in [2.05, 4.69) is 21.9 Å². The van der Waals surface area contributed by atoms with Crippen LogP contribution in [0.25, 0.3) is 0 Å². The van der Waals surface area contributed by atoms with Crippen molar-refractivity contribution in [2.24, 2.45) is 5.73 Å².